The number of aryl methyl sites for hydroxylation is 1. The molecule has 0 fully saturated rings. The van der Waals surface area contributed by atoms with E-state index in [0.29, 0.717) is 0 Å². The van der Waals surface area contributed by atoms with Crippen molar-refractivity contribution in [1.82, 2.24) is 5.32 Å². The Kier molecular flexibility index (Phi) is 6.39. The van der Waals surface area contributed by atoms with Gasteiger partial charge in [-0.3, -0.25) is 9.59 Å². The number of methoxy groups -OCH3 is 1. The smallest absolute Gasteiger partial charge is 0.326 e. The van der Waals surface area contributed by atoms with Crippen LogP contribution >= 0.6 is 0 Å². The molecule has 2 N–H and O–H groups in total. The molecular weight excluding hydrogens is 274 g/mol. The van der Waals surface area contributed by atoms with Crippen molar-refractivity contribution in [2.45, 2.75) is 32.2 Å². The molecule has 0 aliphatic carbocycles. The molecule has 1 amide bonds. The van der Waals surface area contributed by atoms with Crippen LogP contribution in [-0.2, 0) is 25.5 Å². The molecule has 0 aliphatic heterocycles. The van der Waals surface area contributed by atoms with E-state index in [2.05, 4.69) is 10.1 Å². The van der Waals surface area contributed by atoms with Gasteiger partial charge in [0.25, 0.3) is 0 Å². The molecule has 1 rings (SSSR count). The lowest BCUT2D eigenvalue weighted by Gasteiger charge is -2.14. The number of hydrogen-bond donors (Lipinski definition) is 2. The fourth-order valence-electron chi connectivity index (χ4n) is 1.85. The summed E-state index contributed by atoms with van der Waals surface area (Å²) in [5.41, 5.74) is 1.81. The Morgan fingerprint density at radius 1 is 1.29 bits per heavy atom. The average molecular weight is 293 g/mol. The van der Waals surface area contributed by atoms with Crippen LogP contribution in [0.4, 0.5) is 0 Å². The number of ether oxygens (including phenoxy) is 1. The van der Waals surface area contributed by atoms with Gasteiger partial charge in [-0.25, -0.2) is 4.79 Å². The van der Waals surface area contributed by atoms with E-state index in [0.717, 1.165) is 11.1 Å². The van der Waals surface area contributed by atoms with Crippen molar-refractivity contribution in [2.24, 2.45) is 0 Å². The van der Waals surface area contributed by atoms with Gasteiger partial charge < -0.3 is 15.2 Å². The molecule has 21 heavy (non-hydrogen) atoms. The maximum atomic E-state index is 11.9. The number of amides is 1. The molecule has 6 nitrogen and oxygen atoms in total. The minimum atomic E-state index is -1.17. The molecule has 0 aromatic heterocycles. The fraction of sp³-hybridized carbons (Fsp3) is 0.400. The maximum absolute atomic E-state index is 11.9. The Bertz CT molecular complexity index is 527. The summed E-state index contributed by atoms with van der Waals surface area (Å²) in [5.74, 6) is -2.06. The van der Waals surface area contributed by atoms with Crippen molar-refractivity contribution in [3.05, 3.63) is 35.4 Å². The van der Waals surface area contributed by atoms with Gasteiger partial charge in [0.1, 0.15) is 6.04 Å². The summed E-state index contributed by atoms with van der Waals surface area (Å²) in [5, 5.41) is 11.5. The molecular formula is C15H19NO5. The molecule has 0 saturated heterocycles. The standard InChI is InChI=1S/C15H19NO5/c1-10-5-3-4-6-11(10)9-13(17)16-12(15(19)20)7-8-14(18)21-2/h3-6,12H,7-9H2,1-2H3,(H,16,17)(H,19,20)/t12-/m0/s1. The molecule has 0 aliphatic rings. The zero-order chi connectivity index (χ0) is 15.8. The quantitative estimate of drug-likeness (QED) is 0.733. The van der Waals surface area contributed by atoms with Crippen molar-refractivity contribution in [2.75, 3.05) is 7.11 Å². The lowest BCUT2D eigenvalue weighted by molar-refractivity contribution is -0.144. The highest BCUT2D eigenvalue weighted by atomic mass is 16.5. The zero-order valence-electron chi connectivity index (χ0n) is 12.1. The first kappa shape index (κ1) is 16.7. The van der Waals surface area contributed by atoms with Crippen molar-refractivity contribution in [3.8, 4) is 0 Å². The first-order valence-electron chi connectivity index (χ1n) is 6.57. The van der Waals surface area contributed by atoms with Gasteiger partial charge in [-0.05, 0) is 24.5 Å². The molecule has 6 heteroatoms. The fourth-order valence-corrected chi connectivity index (χ4v) is 1.85. The van der Waals surface area contributed by atoms with Gasteiger partial charge in [0.15, 0.2) is 0 Å². The first-order chi connectivity index (χ1) is 9.93. The molecule has 0 radical (unpaired) electrons. The van der Waals surface area contributed by atoms with Crippen LogP contribution in [-0.4, -0.2) is 36.1 Å². The topological polar surface area (TPSA) is 92.7 Å². The van der Waals surface area contributed by atoms with Crippen LogP contribution in [0.15, 0.2) is 24.3 Å². The van der Waals surface area contributed by atoms with Crippen molar-refractivity contribution in [3.63, 3.8) is 0 Å². The second-order valence-electron chi connectivity index (χ2n) is 4.68. The highest BCUT2D eigenvalue weighted by molar-refractivity contribution is 5.85. The Labute approximate surface area is 123 Å². The Hall–Kier alpha value is -2.37. The molecule has 0 bridgehead atoms. The van der Waals surface area contributed by atoms with Gasteiger partial charge >= 0.3 is 11.9 Å². The normalized spacial score (nSPS) is 11.5. The summed E-state index contributed by atoms with van der Waals surface area (Å²) in [6.45, 7) is 1.88. The largest absolute Gasteiger partial charge is 0.480 e. The lowest BCUT2D eigenvalue weighted by Crippen LogP contribution is -2.41. The second-order valence-corrected chi connectivity index (χ2v) is 4.68. The number of carboxylic acid groups (broad SMARTS) is 1. The van der Waals surface area contributed by atoms with Crippen molar-refractivity contribution in [1.29, 1.82) is 0 Å². The van der Waals surface area contributed by atoms with Crippen LogP contribution < -0.4 is 5.32 Å². The third-order valence-corrected chi connectivity index (χ3v) is 3.11. The number of carbonyl (C=O) groups excluding carboxylic acids is 2. The van der Waals surface area contributed by atoms with E-state index < -0.39 is 18.0 Å². The van der Waals surface area contributed by atoms with Gasteiger partial charge in [-0.15, -0.1) is 0 Å². The van der Waals surface area contributed by atoms with E-state index in [1.807, 2.05) is 31.2 Å². The van der Waals surface area contributed by atoms with Crippen LogP contribution in [0.5, 0.6) is 0 Å². The van der Waals surface area contributed by atoms with Crippen LogP contribution in [0.3, 0.4) is 0 Å². The maximum Gasteiger partial charge on any atom is 0.326 e. The summed E-state index contributed by atoms with van der Waals surface area (Å²) in [6.07, 6.45) is 0.0499. The van der Waals surface area contributed by atoms with E-state index in [1.54, 1.807) is 0 Å². The minimum Gasteiger partial charge on any atom is -0.480 e. The van der Waals surface area contributed by atoms with Crippen LogP contribution in [0.1, 0.15) is 24.0 Å². The number of carboxylic acids is 1. The van der Waals surface area contributed by atoms with E-state index in [4.69, 9.17) is 5.11 Å². The summed E-state index contributed by atoms with van der Waals surface area (Å²) < 4.78 is 4.45. The average Bonchev–Trinajstić information content (AvgIpc) is 2.45. The SMILES string of the molecule is COC(=O)CC[C@H](NC(=O)Cc1ccccc1C)C(=O)O. The molecule has 114 valence electrons. The second kappa shape index (κ2) is 8.04. The number of aliphatic carboxylic acids is 1. The molecule has 0 spiro atoms. The van der Waals surface area contributed by atoms with Gasteiger partial charge in [0, 0.05) is 6.42 Å². The predicted molar refractivity (Wildman–Crippen MR) is 75.7 cm³/mol. The third kappa shape index (κ3) is 5.64. The molecule has 1 aromatic rings. The molecule has 1 atom stereocenters. The monoisotopic (exact) mass is 293 g/mol. The van der Waals surface area contributed by atoms with Gasteiger partial charge in [0.2, 0.25) is 5.91 Å². The lowest BCUT2D eigenvalue weighted by atomic mass is 10.0. The number of rotatable bonds is 7. The van der Waals surface area contributed by atoms with E-state index in [1.165, 1.54) is 7.11 Å². The zero-order valence-corrected chi connectivity index (χ0v) is 12.1. The molecule has 0 heterocycles. The van der Waals surface area contributed by atoms with Gasteiger partial charge in [0.05, 0.1) is 13.5 Å². The third-order valence-electron chi connectivity index (χ3n) is 3.11. The van der Waals surface area contributed by atoms with E-state index >= 15 is 0 Å². The van der Waals surface area contributed by atoms with Crippen LogP contribution in [0, 0.1) is 6.92 Å². The summed E-state index contributed by atoms with van der Waals surface area (Å²) in [6, 6.07) is 6.29. The first-order valence-corrected chi connectivity index (χ1v) is 6.57. The summed E-state index contributed by atoms with van der Waals surface area (Å²) >= 11 is 0. The van der Waals surface area contributed by atoms with E-state index in [-0.39, 0.29) is 25.2 Å². The number of esters is 1. The molecule has 0 unspecified atom stereocenters. The van der Waals surface area contributed by atoms with Gasteiger partial charge in [-0.2, -0.15) is 0 Å². The highest BCUT2D eigenvalue weighted by Gasteiger charge is 2.21. The Balaban J connectivity index is 2.58. The number of hydrogen-bond acceptors (Lipinski definition) is 4. The summed E-state index contributed by atoms with van der Waals surface area (Å²) in [4.78, 5) is 34.0. The predicted octanol–water partition coefficient (Wildman–Crippen LogP) is 1.06. The Morgan fingerprint density at radius 2 is 1.95 bits per heavy atom. The van der Waals surface area contributed by atoms with Crippen LogP contribution in [0.25, 0.3) is 0 Å². The van der Waals surface area contributed by atoms with Gasteiger partial charge in [-0.1, -0.05) is 24.3 Å². The number of nitrogens with one attached hydrogen (secondary N) is 1. The van der Waals surface area contributed by atoms with E-state index in [9.17, 15) is 14.4 Å². The molecule has 1 aromatic carbocycles. The van der Waals surface area contributed by atoms with Crippen molar-refractivity contribution >= 4 is 17.8 Å². The summed E-state index contributed by atoms with van der Waals surface area (Å²) in [7, 11) is 1.23. The number of carbonyl (C=O) groups is 3. The highest BCUT2D eigenvalue weighted by Crippen LogP contribution is 2.08. The number of benzene rings is 1. The Morgan fingerprint density at radius 3 is 2.52 bits per heavy atom. The molecule has 0 saturated carbocycles. The minimum absolute atomic E-state index is 0.00151. The van der Waals surface area contributed by atoms with Crippen LogP contribution in [0.2, 0.25) is 0 Å². The van der Waals surface area contributed by atoms with Crippen molar-refractivity contribution < 1.29 is 24.2 Å².